The molecule has 0 spiro atoms. The van der Waals surface area contributed by atoms with Crippen molar-refractivity contribution in [2.24, 2.45) is 5.14 Å². The average molecular weight is 359 g/mol. The molecule has 5 nitrogen and oxygen atoms in total. The summed E-state index contributed by atoms with van der Waals surface area (Å²) in [6.07, 6.45) is -2.25. The molecule has 0 unspecified atom stereocenters. The molecule has 0 amide bonds. The van der Waals surface area contributed by atoms with E-state index in [1.54, 1.807) is 0 Å². The number of sulfonamides is 1. The monoisotopic (exact) mass is 359 g/mol. The van der Waals surface area contributed by atoms with E-state index in [4.69, 9.17) is 10.4 Å². The van der Waals surface area contributed by atoms with E-state index in [0.717, 1.165) is 0 Å². The zero-order valence-corrected chi connectivity index (χ0v) is 10.5. The van der Waals surface area contributed by atoms with Gasteiger partial charge in [-0.25, -0.2) is 27.3 Å². The largest absolute Gasteiger partial charge is 0.266 e. The third-order valence-corrected chi connectivity index (χ3v) is 3.90. The minimum Gasteiger partial charge on any atom is -0.242 e. The smallest absolute Gasteiger partial charge is 0.242 e. The Morgan fingerprint density at radius 1 is 1.56 bits per heavy atom. The minimum absolute atomic E-state index is 0.194. The summed E-state index contributed by atoms with van der Waals surface area (Å²) in [6, 6.07) is 1.51. The van der Waals surface area contributed by atoms with Gasteiger partial charge in [0.1, 0.15) is 6.07 Å². The quantitative estimate of drug-likeness (QED) is 0.801. The highest BCUT2D eigenvalue weighted by Gasteiger charge is 2.23. The summed E-state index contributed by atoms with van der Waals surface area (Å²) >= 11 is 1.45. The van der Waals surface area contributed by atoms with Crippen molar-refractivity contribution in [3.8, 4) is 6.07 Å². The second-order valence-corrected chi connectivity index (χ2v) is 5.22. The van der Waals surface area contributed by atoms with Crippen LogP contribution in [0.3, 0.4) is 0 Å². The van der Waals surface area contributed by atoms with Crippen LogP contribution in [-0.2, 0) is 10.0 Å². The first-order valence-corrected chi connectivity index (χ1v) is 6.31. The zero-order valence-electron chi connectivity index (χ0n) is 7.49. The highest BCUT2D eigenvalue weighted by Crippen LogP contribution is 2.28. The van der Waals surface area contributed by atoms with Gasteiger partial charge < -0.3 is 0 Å². The van der Waals surface area contributed by atoms with Crippen molar-refractivity contribution in [1.82, 2.24) is 4.98 Å². The lowest BCUT2D eigenvalue weighted by atomic mass is 10.2. The van der Waals surface area contributed by atoms with Crippen LogP contribution in [0.5, 0.6) is 0 Å². The van der Waals surface area contributed by atoms with Gasteiger partial charge in [-0.1, -0.05) is 0 Å². The molecule has 2 N–H and O–H groups in total. The zero-order chi connectivity index (χ0) is 12.5. The standard InChI is InChI=1S/C7H4F2IN3O2S/c8-6(9)4-2-13-7(16(12,14)15)5(10)3(4)1-11/h2,6H,(H2,12,14,15). The molecular weight excluding hydrogens is 355 g/mol. The van der Waals surface area contributed by atoms with Crippen LogP contribution in [0, 0.1) is 14.9 Å². The summed E-state index contributed by atoms with van der Waals surface area (Å²) < 4.78 is 46.7. The molecule has 0 bridgehead atoms. The number of halogens is 3. The van der Waals surface area contributed by atoms with E-state index in [1.165, 1.54) is 28.7 Å². The van der Waals surface area contributed by atoms with Gasteiger partial charge in [0, 0.05) is 6.20 Å². The summed E-state index contributed by atoms with van der Waals surface area (Å²) in [6.45, 7) is 0. The number of nitrogens with zero attached hydrogens (tertiary/aromatic N) is 2. The van der Waals surface area contributed by atoms with Crippen molar-refractivity contribution in [3.05, 3.63) is 20.9 Å². The van der Waals surface area contributed by atoms with Gasteiger partial charge in [0.05, 0.1) is 14.7 Å². The van der Waals surface area contributed by atoms with E-state index in [-0.39, 0.29) is 3.57 Å². The van der Waals surface area contributed by atoms with E-state index in [0.29, 0.717) is 6.20 Å². The lowest BCUT2D eigenvalue weighted by Crippen LogP contribution is -2.17. The van der Waals surface area contributed by atoms with Crippen molar-refractivity contribution >= 4 is 32.6 Å². The number of nitrogens with two attached hydrogens (primary N) is 1. The van der Waals surface area contributed by atoms with E-state index in [2.05, 4.69) is 4.98 Å². The summed E-state index contributed by atoms with van der Waals surface area (Å²) in [7, 11) is -4.12. The SMILES string of the molecule is N#Cc1c(C(F)F)cnc(S(N)(=O)=O)c1I. The fourth-order valence-corrected chi connectivity index (χ4v) is 3.00. The second-order valence-electron chi connectivity index (χ2n) is 2.67. The number of pyridine rings is 1. The number of alkyl halides is 2. The Balaban J connectivity index is 3.61. The minimum atomic E-state index is -4.12. The van der Waals surface area contributed by atoms with E-state index in [1.807, 2.05) is 0 Å². The third kappa shape index (κ3) is 2.45. The fraction of sp³-hybridized carbons (Fsp3) is 0.143. The van der Waals surface area contributed by atoms with Crippen LogP contribution in [-0.4, -0.2) is 13.4 Å². The number of nitriles is 1. The molecule has 0 saturated carbocycles. The Morgan fingerprint density at radius 2 is 2.12 bits per heavy atom. The molecule has 0 aliphatic heterocycles. The maximum Gasteiger partial charge on any atom is 0.266 e. The Kier molecular flexibility index (Phi) is 3.76. The predicted molar refractivity (Wildman–Crippen MR) is 58.0 cm³/mol. The van der Waals surface area contributed by atoms with Crippen LogP contribution in [0.15, 0.2) is 11.2 Å². The van der Waals surface area contributed by atoms with Gasteiger partial charge in [0.15, 0.2) is 5.03 Å². The van der Waals surface area contributed by atoms with Gasteiger partial charge in [-0.15, -0.1) is 0 Å². The molecule has 0 aliphatic rings. The molecule has 1 rings (SSSR count). The average Bonchev–Trinajstić information content (AvgIpc) is 2.14. The number of aromatic nitrogens is 1. The highest BCUT2D eigenvalue weighted by molar-refractivity contribution is 14.1. The number of hydrogen-bond donors (Lipinski definition) is 1. The van der Waals surface area contributed by atoms with Gasteiger partial charge in [0.2, 0.25) is 0 Å². The fourth-order valence-electron chi connectivity index (χ4n) is 0.960. The Labute approximate surface area is 103 Å². The van der Waals surface area contributed by atoms with Gasteiger partial charge in [-0.05, 0) is 22.6 Å². The van der Waals surface area contributed by atoms with Crippen LogP contribution < -0.4 is 5.14 Å². The first-order chi connectivity index (χ1) is 7.29. The Bertz CT molecular complexity index is 568. The van der Waals surface area contributed by atoms with Crippen molar-refractivity contribution in [2.45, 2.75) is 11.5 Å². The summed E-state index contributed by atoms with van der Waals surface area (Å²) in [5, 5.41) is 12.9. The normalized spacial score (nSPS) is 11.5. The molecule has 0 aromatic carbocycles. The predicted octanol–water partition coefficient (Wildman–Crippen LogP) is 1.14. The van der Waals surface area contributed by atoms with Crippen molar-refractivity contribution in [3.63, 3.8) is 0 Å². The van der Waals surface area contributed by atoms with Crippen LogP contribution in [0.25, 0.3) is 0 Å². The maximum absolute atomic E-state index is 12.4. The molecule has 0 saturated heterocycles. The van der Waals surface area contributed by atoms with Crippen LogP contribution in [0.2, 0.25) is 0 Å². The molecular formula is C7H4F2IN3O2S. The van der Waals surface area contributed by atoms with E-state index in [9.17, 15) is 17.2 Å². The lowest BCUT2D eigenvalue weighted by Gasteiger charge is -2.07. The maximum atomic E-state index is 12.4. The summed E-state index contributed by atoms with van der Waals surface area (Å²) in [5.74, 6) is 0. The van der Waals surface area contributed by atoms with Crippen molar-refractivity contribution in [2.75, 3.05) is 0 Å². The highest BCUT2D eigenvalue weighted by atomic mass is 127. The first kappa shape index (κ1) is 13.2. The third-order valence-electron chi connectivity index (χ3n) is 1.63. The molecule has 0 atom stereocenters. The van der Waals surface area contributed by atoms with Gasteiger partial charge >= 0.3 is 0 Å². The van der Waals surface area contributed by atoms with Crippen molar-refractivity contribution < 1.29 is 17.2 Å². The molecule has 1 heterocycles. The molecule has 1 aromatic heterocycles. The van der Waals surface area contributed by atoms with Crippen LogP contribution >= 0.6 is 22.6 Å². The van der Waals surface area contributed by atoms with Crippen LogP contribution in [0.1, 0.15) is 17.6 Å². The van der Waals surface area contributed by atoms with E-state index >= 15 is 0 Å². The van der Waals surface area contributed by atoms with Gasteiger partial charge in [-0.3, -0.25) is 0 Å². The first-order valence-electron chi connectivity index (χ1n) is 3.68. The Morgan fingerprint density at radius 3 is 2.50 bits per heavy atom. The van der Waals surface area contributed by atoms with Gasteiger partial charge in [-0.2, -0.15) is 5.26 Å². The van der Waals surface area contributed by atoms with Crippen molar-refractivity contribution in [1.29, 1.82) is 5.26 Å². The topological polar surface area (TPSA) is 96.8 Å². The number of primary sulfonamides is 1. The molecule has 1 aromatic rings. The van der Waals surface area contributed by atoms with Gasteiger partial charge in [0.25, 0.3) is 16.4 Å². The number of rotatable bonds is 2. The molecule has 0 fully saturated rings. The lowest BCUT2D eigenvalue weighted by molar-refractivity contribution is 0.150. The van der Waals surface area contributed by atoms with E-state index < -0.39 is 32.6 Å². The molecule has 0 radical (unpaired) electrons. The second kappa shape index (κ2) is 4.56. The molecule has 16 heavy (non-hydrogen) atoms. The summed E-state index contributed by atoms with van der Waals surface area (Å²) in [5.41, 5.74) is -1.03. The molecule has 0 aliphatic carbocycles. The summed E-state index contributed by atoms with van der Waals surface area (Å²) in [4.78, 5) is 3.33. The Hall–Kier alpha value is -0.860. The molecule has 9 heteroatoms. The van der Waals surface area contributed by atoms with Crippen LogP contribution in [0.4, 0.5) is 8.78 Å². The molecule has 86 valence electrons. The number of hydrogen-bond acceptors (Lipinski definition) is 4.